The minimum absolute atomic E-state index is 0.0510. The number of nitrogens with zero attached hydrogens (tertiary/aromatic N) is 1. The van der Waals surface area contributed by atoms with Crippen molar-refractivity contribution in [3.05, 3.63) is 66.8 Å². The molecule has 3 aromatic rings. The minimum Gasteiger partial charge on any atom is -0.507 e. The predicted octanol–water partition coefficient (Wildman–Crippen LogP) is 3.98. The molecule has 2 aromatic heterocycles. The highest BCUT2D eigenvalue weighted by Crippen LogP contribution is 2.52. The van der Waals surface area contributed by atoms with Crippen molar-refractivity contribution in [2.24, 2.45) is 0 Å². The predicted molar refractivity (Wildman–Crippen MR) is 101 cm³/mol. The molecule has 1 aliphatic heterocycles. The zero-order valence-electron chi connectivity index (χ0n) is 13.9. The molecule has 1 N–H and O–H groups in total. The number of hydrogen-bond donors (Lipinski definition) is 1. The van der Waals surface area contributed by atoms with E-state index < -0.39 is 5.63 Å². The van der Waals surface area contributed by atoms with Gasteiger partial charge in [0.15, 0.2) is 0 Å². The van der Waals surface area contributed by atoms with Gasteiger partial charge in [0.1, 0.15) is 16.7 Å². The van der Waals surface area contributed by atoms with Gasteiger partial charge in [-0.25, -0.2) is 4.79 Å². The number of benzene rings is 1. The highest BCUT2D eigenvalue weighted by atomic mass is 79.9. The molecule has 26 heavy (non-hydrogen) atoms. The van der Waals surface area contributed by atoms with Crippen molar-refractivity contribution in [2.75, 3.05) is 0 Å². The molecule has 5 rings (SSSR count). The van der Waals surface area contributed by atoms with E-state index in [-0.39, 0.29) is 27.7 Å². The van der Waals surface area contributed by atoms with Gasteiger partial charge in [0, 0.05) is 21.6 Å². The van der Waals surface area contributed by atoms with Crippen LogP contribution >= 0.6 is 15.9 Å². The van der Waals surface area contributed by atoms with Gasteiger partial charge in [-0.05, 0) is 36.6 Å². The normalized spacial score (nSPS) is 17.4. The molecule has 2 aliphatic rings. The quantitative estimate of drug-likeness (QED) is 0.604. The van der Waals surface area contributed by atoms with Crippen molar-refractivity contribution in [2.45, 2.75) is 37.5 Å². The van der Waals surface area contributed by atoms with Crippen molar-refractivity contribution in [3.63, 3.8) is 0 Å². The van der Waals surface area contributed by atoms with Crippen LogP contribution in [-0.4, -0.2) is 9.67 Å². The Bertz CT molecular complexity index is 1180. The second-order valence-corrected chi connectivity index (χ2v) is 8.08. The molecule has 0 amide bonds. The molecular weight excluding hydrogens is 398 g/mol. The fraction of sp³-hybridized carbons (Fsp3) is 0.300. The molecule has 1 saturated carbocycles. The lowest BCUT2D eigenvalue weighted by atomic mass is 9.68. The molecule has 0 atom stereocenters. The largest absolute Gasteiger partial charge is 0.507 e. The van der Waals surface area contributed by atoms with Crippen LogP contribution in [-0.2, 0) is 5.41 Å². The van der Waals surface area contributed by atoms with Gasteiger partial charge in [-0.2, -0.15) is 0 Å². The summed E-state index contributed by atoms with van der Waals surface area (Å²) in [4.78, 5) is 25.0. The van der Waals surface area contributed by atoms with Gasteiger partial charge in [-0.3, -0.25) is 9.36 Å². The van der Waals surface area contributed by atoms with Gasteiger partial charge in [0.25, 0.3) is 5.56 Å². The van der Waals surface area contributed by atoms with E-state index >= 15 is 0 Å². The Balaban J connectivity index is 1.96. The van der Waals surface area contributed by atoms with Crippen LogP contribution in [0.15, 0.2) is 48.8 Å². The maximum absolute atomic E-state index is 13.3. The Morgan fingerprint density at radius 1 is 1.08 bits per heavy atom. The number of hydrogen-bond acceptors (Lipinski definition) is 4. The zero-order chi connectivity index (χ0) is 18.1. The number of fused-ring (bicyclic) bond motifs is 6. The summed E-state index contributed by atoms with van der Waals surface area (Å²) in [6.45, 7) is 0. The molecule has 1 fully saturated rings. The third-order valence-electron chi connectivity index (χ3n) is 5.81. The average molecular weight is 414 g/mol. The van der Waals surface area contributed by atoms with E-state index in [1.54, 1.807) is 10.6 Å². The topological polar surface area (TPSA) is 72.4 Å². The first-order chi connectivity index (χ1) is 12.5. The van der Waals surface area contributed by atoms with Crippen LogP contribution in [0.25, 0.3) is 16.7 Å². The van der Waals surface area contributed by atoms with Gasteiger partial charge in [-0.1, -0.05) is 35.2 Å². The van der Waals surface area contributed by atoms with Crippen molar-refractivity contribution in [3.8, 4) is 11.4 Å². The van der Waals surface area contributed by atoms with Crippen LogP contribution in [0.5, 0.6) is 5.75 Å². The summed E-state index contributed by atoms with van der Waals surface area (Å²) in [7, 11) is 0. The summed E-state index contributed by atoms with van der Waals surface area (Å²) >= 11 is 3.56. The van der Waals surface area contributed by atoms with E-state index in [0.717, 1.165) is 53.2 Å². The third kappa shape index (κ3) is 1.96. The molecular formula is C20H16BrNO4. The first-order valence-corrected chi connectivity index (χ1v) is 9.54. The smallest absolute Gasteiger partial charge is 0.339 e. The molecule has 5 nitrogen and oxygen atoms in total. The fourth-order valence-electron chi connectivity index (χ4n) is 4.72. The molecule has 0 unspecified atom stereocenters. The molecule has 3 heterocycles. The highest BCUT2D eigenvalue weighted by Gasteiger charge is 2.45. The fourth-order valence-corrected chi connectivity index (χ4v) is 5.08. The van der Waals surface area contributed by atoms with E-state index in [1.165, 1.54) is 6.42 Å². The monoisotopic (exact) mass is 413 g/mol. The van der Waals surface area contributed by atoms with Crippen LogP contribution in [0.3, 0.4) is 0 Å². The second-order valence-electron chi connectivity index (χ2n) is 7.16. The number of aromatic nitrogens is 1. The van der Waals surface area contributed by atoms with E-state index in [4.69, 9.17) is 4.42 Å². The van der Waals surface area contributed by atoms with Crippen molar-refractivity contribution < 1.29 is 9.52 Å². The summed E-state index contributed by atoms with van der Waals surface area (Å²) in [6, 6.07) is 8.68. The molecule has 1 aliphatic carbocycles. The zero-order valence-corrected chi connectivity index (χ0v) is 15.5. The van der Waals surface area contributed by atoms with Crippen LogP contribution < -0.4 is 11.2 Å². The number of halogens is 1. The van der Waals surface area contributed by atoms with Gasteiger partial charge in [0.05, 0.1) is 11.8 Å². The lowest BCUT2D eigenvalue weighted by Gasteiger charge is -2.34. The maximum atomic E-state index is 13.3. The van der Waals surface area contributed by atoms with Gasteiger partial charge in [-0.15, -0.1) is 0 Å². The Labute approximate surface area is 157 Å². The average Bonchev–Trinajstić information content (AvgIpc) is 2.85. The van der Waals surface area contributed by atoms with Crippen LogP contribution in [0, 0.1) is 0 Å². The lowest BCUT2D eigenvalue weighted by Crippen LogP contribution is -2.31. The molecule has 0 bridgehead atoms. The summed E-state index contributed by atoms with van der Waals surface area (Å²) < 4.78 is 7.93. The Morgan fingerprint density at radius 2 is 1.85 bits per heavy atom. The van der Waals surface area contributed by atoms with E-state index in [1.807, 2.05) is 12.1 Å². The summed E-state index contributed by atoms with van der Waals surface area (Å²) in [6.07, 6.45) is 5.25. The van der Waals surface area contributed by atoms with Gasteiger partial charge < -0.3 is 9.52 Å². The Hall–Kier alpha value is -2.34. The molecule has 0 saturated heterocycles. The summed E-state index contributed by atoms with van der Waals surface area (Å²) in [5, 5.41) is 10.2. The summed E-state index contributed by atoms with van der Waals surface area (Å²) in [5.74, 6) is -0.334. The van der Waals surface area contributed by atoms with Crippen molar-refractivity contribution in [1.82, 2.24) is 4.57 Å². The van der Waals surface area contributed by atoms with Crippen LogP contribution in [0.2, 0.25) is 0 Å². The number of rotatable bonds is 0. The minimum atomic E-state index is -0.657. The summed E-state index contributed by atoms with van der Waals surface area (Å²) in [5.41, 5.74) is 1.73. The van der Waals surface area contributed by atoms with E-state index in [2.05, 4.69) is 22.0 Å². The Kier molecular flexibility index (Phi) is 3.26. The standard InChI is InChI=1S/C20H16BrNO4/c21-11-4-5-13-12(8-11)20(6-2-1-3-7-20)16-10-15-18(19(25)22(13)16)14(23)9-17(24)26-15/h4-5,8-10,23H,1-3,6-7H2. The lowest BCUT2D eigenvalue weighted by molar-refractivity contribution is 0.346. The molecule has 1 aromatic carbocycles. The van der Waals surface area contributed by atoms with Gasteiger partial charge in [0.2, 0.25) is 0 Å². The Morgan fingerprint density at radius 3 is 2.62 bits per heavy atom. The molecule has 132 valence electrons. The highest BCUT2D eigenvalue weighted by molar-refractivity contribution is 9.10. The molecule has 6 heteroatoms. The van der Waals surface area contributed by atoms with E-state index in [9.17, 15) is 14.7 Å². The van der Waals surface area contributed by atoms with Crippen LogP contribution in [0.1, 0.15) is 43.4 Å². The molecule has 0 radical (unpaired) electrons. The van der Waals surface area contributed by atoms with Crippen molar-refractivity contribution >= 4 is 26.9 Å². The van der Waals surface area contributed by atoms with Gasteiger partial charge >= 0.3 is 5.63 Å². The number of aromatic hydroxyl groups is 1. The van der Waals surface area contributed by atoms with E-state index in [0.29, 0.717) is 0 Å². The first-order valence-electron chi connectivity index (χ1n) is 8.75. The maximum Gasteiger partial charge on any atom is 0.339 e. The number of pyridine rings is 1. The third-order valence-corrected chi connectivity index (χ3v) is 6.30. The van der Waals surface area contributed by atoms with Crippen LogP contribution in [0.4, 0.5) is 0 Å². The second kappa shape index (κ2) is 5.33. The SMILES string of the molecule is O=c1cc(O)c2c(=O)n3c(cc2o1)C1(CCCCC1)c1cc(Br)ccc1-3. The van der Waals surface area contributed by atoms with Crippen molar-refractivity contribution in [1.29, 1.82) is 0 Å². The first kappa shape index (κ1) is 15.9. The molecule has 1 spiro atoms.